The zero-order chi connectivity index (χ0) is 8.27. The van der Waals surface area contributed by atoms with Crippen LogP contribution in [0.15, 0.2) is 20.0 Å². The maximum atomic E-state index is 10.3. The molecule has 1 heterocycles. The van der Waals surface area contributed by atoms with Crippen LogP contribution in [0.1, 0.15) is 17.5 Å². The molecule has 0 amide bonds. The first-order valence-electron chi connectivity index (χ1n) is 3.15. The lowest BCUT2D eigenvalue weighted by atomic mass is 10.5. The predicted molar refractivity (Wildman–Crippen MR) is 48.2 cm³/mol. The molecule has 0 unspecified atom stereocenters. The van der Waals surface area contributed by atoms with Gasteiger partial charge >= 0.3 is 0 Å². The van der Waals surface area contributed by atoms with E-state index < -0.39 is 0 Å². The molecule has 2 nitrogen and oxygen atoms in total. The molecule has 0 radical (unpaired) electrons. The summed E-state index contributed by atoms with van der Waals surface area (Å²) in [6, 6.07) is 1.67. The molecule has 0 fully saturated rings. The van der Waals surface area contributed by atoms with Crippen molar-refractivity contribution in [3.05, 3.63) is 16.3 Å². The number of furan rings is 1. The van der Waals surface area contributed by atoms with Crippen molar-refractivity contribution < 1.29 is 9.21 Å². The van der Waals surface area contributed by atoms with E-state index in [0.29, 0.717) is 12.0 Å². The van der Waals surface area contributed by atoms with Gasteiger partial charge in [-0.15, -0.1) is 0 Å². The Hall–Kier alpha value is -0.220. The molecule has 0 spiro atoms. The zero-order valence-electron chi connectivity index (χ0n) is 5.96. The van der Waals surface area contributed by atoms with Gasteiger partial charge in [-0.2, -0.15) is 0 Å². The van der Waals surface area contributed by atoms with Crippen LogP contribution in [0.2, 0.25) is 0 Å². The maximum Gasteiger partial charge on any atom is 0.185 e. The highest BCUT2D eigenvalue weighted by molar-refractivity contribution is 9.10. The van der Waals surface area contributed by atoms with E-state index in [4.69, 9.17) is 4.42 Å². The van der Waals surface area contributed by atoms with Crippen molar-refractivity contribution in [2.45, 2.75) is 12.0 Å². The van der Waals surface area contributed by atoms with E-state index in [1.54, 1.807) is 17.8 Å². The van der Waals surface area contributed by atoms with Crippen LogP contribution in [0.5, 0.6) is 0 Å². The lowest BCUT2D eigenvalue weighted by Crippen LogP contribution is -1.68. The Labute approximate surface area is 77.5 Å². The van der Waals surface area contributed by atoms with Crippen molar-refractivity contribution in [1.29, 1.82) is 0 Å². The third kappa shape index (κ3) is 2.10. The lowest BCUT2D eigenvalue weighted by molar-refractivity contribution is 0.109. The quantitative estimate of drug-likeness (QED) is 0.596. The first-order valence-corrected chi connectivity index (χ1v) is 4.93. The Morgan fingerprint density at radius 3 is 3.00 bits per heavy atom. The van der Waals surface area contributed by atoms with Crippen LogP contribution in [0.3, 0.4) is 0 Å². The second-order valence-electron chi connectivity index (χ2n) is 1.84. The van der Waals surface area contributed by atoms with Gasteiger partial charge in [0.25, 0.3) is 0 Å². The van der Waals surface area contributed by atoms with Gasteiger partial charge in [0, 0.05) is 6.07 Å². The topological polar surface area (TPSA) is 30.2 Å². The molecule has 60 valence electrons. The van der Waals surface area contributed by atoms with E-state index in [0.717, 1.165) is 15.3 Å². The van der Waals surface area contributed by atoms with Gasteiger partial charge in [0.05, 0.1) is 4.47 Å². The van der Waals surface area contributed by atoms with Crippen molar-refractivity contribution >= 4 is 34.0 Å². The number of carbonyl (C=O) groups is 1. The van der Waals surface area contributed by atoms with Crippen molar-refractivity contribution in [3.63, 3.8) is 0 Å². The van der Waals surface area contributed by atoms with E-state index in [9.17, 15) is 4.79 Å². The first-order chi connectivity index (χ1) is 5.27. The van der Waals surface area contributed by atoms with Crippen LogP contribution in [0, 0.1) is 0 Å². The SMILES string of the molecule is CCSc1oc(C=O)cc1Br. The van der Waals surface area contributed by atoms with Gasteiger partial charge in [0.15, 0.2) is 17.1 Å². The van der Waals surface area contributed by atoms with Gasteiger partial charge in [-0.05, 0) is 21.7 Å². The third-order valence-electron chi connectivity index (χ3n) is 1.07. The van der Waals surface area contributed by atoms with Gasteiger partial charge in [0.2, 0.25) is 0 Å². The van der Waals surface area contributed by atoms with Crippen molar-refractivity contribution in [3.8, 4) is 0 Å². The van der Waals surface area contributed by atoms with Crippen LogP contribution in [0.4, 0.5) is 0 Å². The average Bonchev–Trinajstić information content (AvgIpc) is 2.33. The molecule has 0 saturated carbocycles. The molecule has 1 rings (SSSR count). The first kappa shape index (κ1) is 8.87. The van der Waals surface area contributed by atoms with Crippen LogP contribution in [0.25, 0.3) is 0 Å². The minimum absolute atomic E-state index is 0.368. The molecule has 0 saturated heterocycles. The third-order valence-corrected chi connectivity index (χ3v) is 2.77. The summed E-state index contributed by atoms with van der Waals surface area (Å²) in [6.07, 6.45) is 0.699. The van der Waals surface area contributed by atoms with Gasteiger partial charge in [-0.25, -0.2) is 0 Å². The molecule has 0 aliphatic carbocycles. The summed E-state index contributed by atoms with van der Waals surface area (Å²) in [5, 5.41) is 0.773. The average molecular weight is 235 g/mol. The van der Waals surface area contributed by atoms with E-state index in [-0.39, 0.29) is 0 Å². The van der Waals surface area contributed by atoms with E-state index in [1.807, 2.05) is 6.92 Å². The Balaban J connectivity index is 2.87. The van der Waals surface area contributed by atoms with Crippen LogP contribution in [-0.2, 0) is 0 Å². The number of hydrogen-bond donors (Lipinski definition) is 0. The van der Waals surface area contributed by atoms with Crippen LogP contribution >= 0.6 is 27.7 Å². The molecule has 1 aromatic heterocycles. The molecule has 0 aliphatic heterocycles. The summed E-state index contributed by atoms with van der Waals surface area (Å²) in [5.41, 5.74) is 0. The molecule has 0 bridgehead atoms. The smallest absolute Gasteiger partial charge is 0.185 e. The van der Waals surface area contributed by atoms with E-state index >= 15 is 0 Å². The number of rotatable bonds is 3. The maximum absolute atomic E-state index is 10.3. The molecule has 11 heavy (non-hydrogen) atoms. The zero-order valence-corrected chi connectivity index (χ0v) is 8.37. The van der Waals surface area contributed by atoms with E-state index in [2.05, 4.69) is 15.9 Å². The number of aldehydes is 1. The monoisotopic (exact) mass is 234 g/mol. The fourth-order valence-corrected chi connectivity index (χ4v) is 1.92. The second kappa shape index (κ2) is 3.97. The Morgan fingerprint density at radius 2 is 2.55 bits per heavy atom. The molecular formula is C7H7BrO2S. The van der Waals surface area contributed by atoms with E-state index in [1.165, 1.54) is 0 Å². The molecule has 0 N–H and O–H groups in total. The summed E-state index contributed by atoms with van der Waals surface area (Å²) in [7, 11) is 0. The number of thioether (sulfide) groups is 1. The standard InChI is InChI=1S/C7H7BrO2S/c1-2-11-7-6(8)3-5(4-9)10-7/h3-4H,2H2,1H3. The van der Waals surface area contributed by atoms with Crippen LogP contribution in [-0.4, -0.2) is 12.0 Å². The molecular weight excluding hydrogens is 228 g/mol. The Kier molecular flexibility index (Phi) is 3.20. The lowest BCUT2D eigenvalue weighted by Gasteiger charge is -1.90. The van der Waals surface area contributed by atoms with Gasteiger partial charge in [-0.1, -0.05) is 18.7 Å². The number of hydrogen-bond acceptors (Lipinski definition) is 3. The molecule has 0 aliphatic rings. The highest BCUT2D eigenvalue weighted by Gasteiger charge is 2.06. The van der Waals surface area contributed by atoms with Crippen molar-refractivity contribution in [1.82, 2.24) is 0 Å². The minimum Gasteiger partial charge on any atom is -0.446 e. The molecule has 4 heteroatoms. The normalized spacial score (nSPS) is 10.0. The highest BCUT2D eigenvalue weighted by Crippen LogP contribution is 2.29. The second-order valence-corrected chi connectivity index (χ2v) is 3.93. The molecule has 0 aromatic carbocycles. The Bertz CT molecular complexity index is 257. The van der Waals surface area contributed by atoms with Crippen LogP contribution < -0.4 is 0 Å². The van der Waals surface area contributed by atoms with Crippen molar-refractivity contribution in [2.75, 3.05) is 5.75 Å². The fourth-order valence-electron chi connectivity index (χ4n) is 0.657. The summed E-state index contributed by atoms with van der Waals surface area (Å²) in [6.45, 7) is 2.03. The summed E-state index contributed by atoms with van der Waals surface area (Å²) < 4.78 is 6.01. The molecule has 0 atom stereocenters. The molecule has 1 aromatic rings. The summed E-state index contributed by atoms with van der Waals surface area (Å²) in [5.74, 6) is 1.30. The van der Waals surface area contributed by atoms with Gasteiger partial charge in [-0.3, -0.25) is 4.79 Å². The van der Waals surface area contributed by atoms with Gasteiger partial charge < -0.3 is 4.42 Å². The largest absolute Gasteiger partial charge is 0.446 e. The minimum atomic E-state index is 0.368. The predicted octanol–water partition coefficient (Wildman–Crippen LogP) is 2.97. The highest BCUT2D eigenvalue weighted by atomic mass is 79.9. The van der Waals surface area contributed by atoms with Gasteiger partial charge in [0.1, 0.15) is 0 Å². The summed E-state index contributed by atoms with van der Waals surface area (Å²) in [4.78, 5) is 10.3. The fraction of sp³-hybridized carbons (Fsp3) is 0.286. The number of carbonyl (C=O) groups excluding carboxylic acids is 1. The van der Waals surface area contributed by atoms with Crippen molar-refractivity contribution in [2.24, 2.45) is 0 Å². The summed E-state index contributed by atoms with van der Waals surface area (Å²) >= 11 is 4.85. The Morgan fingerprint density at radius 1 is 1.82 bits per heavy atom. The number of halogens is 1.